The fourth-order valence-corrected chi connectivity index (χ4v) is 1.81. The molecular formula is C13H12F3N3. The van der Waals surface area contributed by atoms with E-state index in [1.807, 2.05) is 0 Å². The molecule has 1 N–H and O–H groups in total. The Balaban J connectivity index is 2.29. The van der Waals surface area contributed by atoms with Gasteiger partial charge in [0.2, 0.25) is 0 Å². The van der Waals surface area contributed by atoms with Gasteiger partial charge in [0.25, 0.3) is 0 Å². The molecule has 0 amide bonds. The molecule has 0 aliphatic rings. The van der Waals surface area contributed by atoms with E-state index in [0.29, 0.717) is 23.5 Å². The maximum Gasteiger partial charge on any atom is 0.152 e. The quantitative estimate of drug-likeness (QED) is 0.926. The van der Waals surface area contributed by atoms with Gasteiger partial charge in [-0.05, 0) is 13.8 Å². The Morgan fingerprint density at radius 1 is 1.05 bits per heavy atom. The van der Waals surface area contributed by atoms with E-state index >= 15 is 0 Å². The van der Waals surface area contributed by atoms with E-state index in [4.69, 9.17) is 0 Å². The van der Waals surface area contributed by atoms with Crippen LogP contribution >= 0.6 is 0 Å². The highest BCUT2D eigenvalue weighted by Gasteiger charge is 2.16. The van der Waals surface area contributed by atoms with E-state index < -0.39 is 23.5 Å². The summed E-state index contributed by atoms with van der Waals surface area (Å²) in [4.78, 5) is 8.16. The van der Waals surface area contributed by atoms with Gasteiger partial charge in [-0.25, -0.2) is 13.2 Å². The summed E-state index contributed by atoms with van der Waals surface area (Å²) < 4.78 is 39.8. The highest BCUT2D eigenvalue weighted by atomic mass is 19.1. The molecule has 0 radical (unpaired) electrons. The van der Waals surface area contributed by atoms with Crippen LogP contribution in [0.1, 0.15) is 24.4 Å². The molecule has 19 heavy (non-hydrogen) atoms. The van der Waals surface area contributed by atoms with Gasteiger partial charge in [0.1, 0.15) is 11.5 Å². The van der Waals surface area contributed by atoms with Gasteiger partial charge < -0.3 is 5.32 Å². The summed E-state index contributed by atoms with van der Waals surface area (Å²) in [5.41, 5.74) is 0.856. The van der Waals surface area contributed by atoms with Crippen molar-refractivity contribution in [3.63, 3.8) is 0 Å². The average molecular weight is 267 g/mol. The monoisotopic (exact) mass is 267 g/mol. The van der Waals surface area contributed by atoms with Gasteiger partial charge in [-0.3, -0.25) is 9.97 Å². The van der Waals surface area contributed by atoms with Crippen LogP contribution in [0, 0.1) is 24.4 Å². The smallest absolute Gasteiger partial charge is 0.152 e. The minimum absolute atomic E-state index is 0.376. The molecular weight excluding hydrogens is 255 g/mol. The lowest BCUT2D eigenvalue weighted by Crippen LogP contribution is -2.13. The highest BCUT2D eigenvalue weighted by molar-refractivity contribution is 5.48. The van der Waals surface area contributed by atoms with Crippen LogP contribution in [0.2, 0.25) is 0 Å². The summed E-state index contributed by atoms with van der Waals surface area (Å²) >= 11 is 0. The normalized spacial score (nSPS) is 12.3. The first kappa shape index (κ1) is 13.3. The van der Waals surface area contributed by atoms with Crippen molar-refractivity contribution in [2.75, 3.05) is 5.32 Å². The lowest BCUT2D eigenvalue weighted by Gasteiger charge is -2.17. The molecule has 0 aliphatic heterocycles. The Morgan fingerprint density at radius 2 is 1.63 bits per heavy atom. The largest absolute Gasteiger partial charge is 0.372 e. The number of hydrogen-bond acceptors (Lipinski definition) is 3. The van der Waals surface area contributed by atoms with Crippen LogP contribution < -0.4 is 5.32 Å². The van der Waals surface area contributed by atoms with Crippen LogP contribution in [-0.2, 0) is 0 Å². The molecule has 100 valence electrons. The minimum atomic E-state index is -0.981. The van der Waals surface area contributed by atoms with Gasteiger partial charge in [0.05, 0.1) is 17.4 Å². The van der Waals surface area contributed by atoms with E-state index in [9.17, 15) is 13.2 Å². The molecule has 0 fully saturated rings. The molecule has 0 bridgehead atoms. The Hall–Kier alpha value is -2.11. The Morgan fingerprint density at radius 3 is 2.21 bits per heavy atom. The second-order valence-electron chi connectivity index (χ2n) is 4.14. The molecule has 3 nitrogen and oxygen atoms in total. The average Bonchev–Trinajstić information content (AvgIpc) is 2.34. The lowest BCUT2D eigenvalue weighted by molar-refractivity contribution is 0.544. The molecule has 1 heterocycles. The Bertz CT molecular complexity index is 578. The van der Waals surface area contributed by atoms with Gasteiger partial charge in [0.15, 0.2) is 11.6 Å². The third kappa shape index (κ3) is 2.83. The Labute approximate surface area is 108 Å². The maximum absolute atomic E-state index is 13.5. The van der Waals surface area contributed by atoms with Crippen LogP contribution in [0.3, 0.4) is 0 Å². The van der Waals surface area contributed by atoms with E-state index in [2.05, 4.69) is 15.3 Å². The Kier molecular flexibility index (Phi) is 3.69. The van der Waals surface area contributed by atoms with Crippen molar-refractivity contribution in [3.05, 3.63) is 53.4 Å². The molecule has 0 saturated carbocycles. The fourth-order valence-electron chi connectivity index (χ4n) is 1.81. The fraction of sp³-hybridized carbons (Fsp3) is 0.231. The number of nitrogens with zero attached hydrogens (tertiary/aromatic N) is 2. The van der Waals surface area contributed by atoms with Gasteiger partial charge in [0, 0.05) is 24.5 Å². The number of rotatable bonds is 3. The van der Waals surface area contributed by atoms with Crippen LogP contribution in [0.4, 0.5) is 18.9 Å². The number of nitrogens with one attached hydrogen (secondary N) is 1. The molecule has 1 aromatic carbocycles. The summed E-state index contributed by atoms with van der Waals surface area (Å²) in [7, 11) is 0. The first-order valence-electron chi connectivity index (χ1n) is 5.67. The predicted octanol–water partition coefficient (Wildman–Crippen LogP) is 3.38. The summed E-state index contributed by atoms with van der Waals surface area (Å²) in [5.74, 6) is -2.92. The summed E-state index contributed by atoms with van der Waals surface area (Å²) in [6.07, 6.45) is 3.03. The van der Waals surface area contributed by atoms with Crippen molar-refractivity contribution in [1.29, 1.82) is 0 Å². The zero-order chi connectivity index (χ0) is 14.0. The lowest BCUT2D eigenvalue weighted by atomic mass is 10.1. The van der Waals surface area contributed by atoms with Crippen molar-refractivity contribution < 1.29 is 13.2 Å². The van der Waals surface area contributed by atoms with Crippen LogP contribution in [0.25, 0.3) is 0 Å². The molecule has 2 aromatic rings. The second kappa shape index (κ2) is 5.26. The number of anilines is 1. The highest BCUT2D eigenvalue weighted by Crippen LogP contribution is 2.25. The van der Waals surface area contributed by atoms with Crippen LogP contribution in [-0.4, -0.2) is 9.97 Å². The zero-order valence-corrected chi connectivity index (χ0v) is 10.4. The summed E-state index contributed by atoms with van der Waals surface area (Å²) in [5, 5.41) is 2.64. The SMILES string of the molecule is Cc1nccnc1C(C)Nc1c(F)cc(F)cc1F. The number of aryl methyl sites for hydroxylation is 1. The summed E-state index contributed by atoms with van der Waals surface area (Å²) in [6.45, 7) is 3.44. The topological polar surface area (TPSA) is 37.8 Å². The van der Waals surface area contributed by atoms with E-state index in [0.717, 1.165) is 0 Å². The van der Waals surface area contributed by atoms with Crippen molar-refractivity contribution in [1.82, 2.24) is 9.97 Å². The van der Waals surface area contributed by atoms with Crippen LogP contribution in [0.15, 0.2) is 24.5 Å². The van der Waals surface area contributed by atoms with Crippen LogP contribution in [0.5, 0.6) is 0 Å². The molecule has 0 aliphatic carbocycles. The van der Waals surface area contributed by atoms with Crippen molar-refractivity contribution in [2.24, 2.45) is 0 Å². The van der Waals surface area contributed by atoms with Crippen molar-refractivity contribution in [2.45, 2.75) is 19.9 Å². The molecule has 1 unspecified atom stereocenters. The molecule has 0 spiro atoms. The molecule has 6 heteroatoms. The standard InChI is InChI=1S/C13H12F3N3/c1-7-12(18-4-3-17-7)8(2)19-13-10(15)5-9(14)6-11(13)16/h3-6,8,19H,1-2H3. The first-order chi connectivity index (χ1) is 8.99. The van der Waals surface area contributed by atoms with Gasteiger partial charge in [-0.15, -0.1) is 0 Å². The molecule has 1 aromatic heterocycles. The van der Waals surface area contributed by atoms with E-state index in [1.165, 1.54) is 12.4 Å². The first-order valence-corrected chi connectivity index (χ1v) is 5.67. The summed E-state index contributed by atoms with van der Waals surface area (Å²) in [6, 6.07) is 0.798. The predicted molar refractivity (Wildman–Crippen MR) is 65.1 cm³/mol. The van der Waals surface area contributed by atoms with E-state index in [1.54, 1.807) is 13.8 Å². The van der Waals surface area contributed by atoms with Crippen molar-refractivity contribution >= 4 is 5.69 Å². The number of benzene rings is 1. The third-order valence-corrected chi connectivity index (χ3v) is 2.70. The van der Waals surface area contributed by atoms with Gasteiger partial charge in [-0.1, -0.05) is 0 Å². The molecule has 2 rings (SSSR count). The van der Waals surface area contributed by atoms with Gasteiger partial charge in [-0.2, -0.15) is 0 Å². The van der Waals surface area contributed by atoms with Gasteiger partial charge >= 0.3 is 0 Å². The number of halogens is 3. The number of hydrogen-bond donors (Lipinski definition) is 1. The minimum Gasteiger partial charge on any atom is -0.372 e. The third-order valence-electron chi connectivity index (χ3n) is 2.70. The maximum atomic E-state index is 13.5. The zero-order valence-electron chi connectivity index (χ0n) is 10.4. The van der Waals surface area contributed by atoms with Crippen molar-refractivity contribution in [3.8, 4) is 0 Å². The number of aromatic nitrogens is 2. The molecule has 0 saturated heterocycles. The van der Waals surface area contributed by atoms with E-state index in [-0.39, 0.29) is 5.69 Å². The second-order valence-corrected chi connectivity index (χ2v) is 4.14. The molecule has 1 atom stereocenters.